The van der Waals surface area contributed by atoms with Gasteiger partial charge in [-0.15, -0.1) is 10.2 Å². The van der Waals surface area contributed by atoms with E-state index in [9.17, 15) is 4.39 Å². The zero-order valence-corrected chi connectivity index (χ0v) is 14.6. The lowest BCUT2D eigenvalue weighted by Gasteiger charge is -2.11. The van der Waals surface area contributed by atoms with Gasteiger partial charge in [-0.3, -0.25) is 4.40 Å². The summed E-state index contributed by atoms with van der Waals surface area (Å²) in [5.74, 6) is 0.476. The van der Waals surface area contributed by atoms with Crippen molar-refractivity contribution in [2.75, 3.05) is 7.11 Å². The molecule has 0 bridgehead atoms. The molecule has 0 N–H and O–H groups in total. The van der Waals surface area contributed by atoms with Crippen molar-refractivity contribution in [3.8, 4) is 17.1 Å². The molecular formula is C18H14ClFN4O. The molecule has 0 aliphatic rings. The zero-order valence-electron chi connectivity index (χ0n) is 13.8. The summed E-state index contributed by atoms with van der Waals surface area (Å²) in [6, 6.07) is 8.32. The molecule has 7 heteroatoms. The molecule has 4 aromatic rings. The Morgan fingerprint density at radius 2 is 1.96 bits per heavy atom. The van der Waals surface area contributed by atoms with Gasteiger partial charge in [0.15, 0.2) is 11.5 Å². The summed E-state index contributed by atoms with van der Waals surface area (Å²) >= 11 is 6.41. The predicted octanol–water partition coefficient (Wildman–Crippen LogP) is 4.36. The van der Waals surface area contributed by atoms with Crippen LogP contribution in [-0.2, 0) is 0 Å². The summed E-state index contributed by atoms with van der Waals surface area (Å²) in [5, 5.41) is 9.11. The van der Waals surface area contributed by atoms with Crippen molar-refractivity contribution in [2.45, 2.75) is 13.8 Å². The maximum Gasteiger partial charge on any atom is 0.183 e. The van der Waals surface area contributed by atoms with E-state index in [-0.39, 0.29) is 0 Å². The first-order valence-corrected chi connectivity index (χ1v) is 8.03. The molecule has 0 aliphatic carbocycles. The van der Waals surface area contributed by atoms with Crippen molar-refractivity contribution in [1.29, 1.82) is 0 Å². The monoisotopic (exact) mass is 356 g/mol. The van der Waals surface area contributed by atoms with Crippen molar-refractivity contribution >= 4 is 28.3 Å². The molecule has 0 amide bonds. The molecule has 4 rings (SSSR count). The molecule has 0 unspecified atom stereocenters. The van der Waals surface area contributed by atoms with Gasteiger partial charge in [-0.1, -0.05) is 23.7 Å². The molecular weight excluding hydrogens is 343 g/mol. The topological polar surface area (TPSA) is 52.3 Å². The Labute approximate surface area is 148 Å². The van der Waals surface area contributed by atoms with Gasteiger partial charge < -0.3 is 4.74 Å². The average molecular weight is 357 g/mol. The van der Waals surface area contributed by atoms with E-state index in [0.717, 1.165) is 11.1 Å². The first-order valence-electron chi connectivity index (χ1n) is 7.65. The van der Waals surface area contributed by atoms with Crippen LogP contribution in [0.5, 0.6) is 5.75 Å². The molecule has 0 saturated heterocycles. The lowest BCUT2D eigenvalue weighted by atomic mass is 10.1. The fraction of sp³-hybridized carbons (Fsp3) is 0.167. The van der Waals surface area contributed by atoms with Crippen LogP contribution >= 0.6 is 11.6 Å². The van der Waals surface area contributed by atoms with Crippen LogP contribution in [0, 0.1) is 19.7 Å². The molecule has 0 radical (unpaired) electrons. The fourth-order valence-electron chi connectivity index (χ4n) is 3.04. The minimum absolute atomic E-state index is 0.357. The van der Waals surface area contributed by atoms with Gasteiger partial charge in [0.2, 0.25) is 0 Å². The normalized spacial score (nSPS) is 11.4. The molecule has 5 nitrogen and oxygen atoms in total. The van der Waals surface area contributed by atoms with Crippen molar-refractivity contribution in [1.82, 2.24) is 19.6 Å². The molecule has 0 spiro atoms. The van der Waals surface area contributed by atoms with E-state index in [2.05, 4.69) is 15.2 Å². The third kappa shape index (κ3) is 2.33. The summed E-state index contributed by atoms with van der Waals surface area (Å²) in [5.41, 5.74) is 3.99. The summed E-state index contributed by atoms with van der Waals surface area (Å²) < 4.78 is 21.2. The van der Waals surface area contributed by atoms with Crippen LogP contribution in [0.25, 0.3) is 28.1 Å². The predicted molar refractivity (Wildman–Crippen MR) is 94.7 cm³/mol. The van der Waals surface area contributed by atoms with Crippen molar-refractivity contribution in [3.63, 3.8) is 0 Å². The van der Waals surface area contributed by atoms with Gasteiger partial charge in [-0.2, -0.15) is 0 Å². The molecule has 2 aromatic heterocycles. The van der Waals surface area contributed by atoms with E-state index in [1.165, 1.54) is 19.2 Å². The summed E-state index contributed by atoms with van der Waals surface area (Å²) in [4.78, 5) is 4.52. The van der Waals surface area contributed by atoms with Gasteiger partial charge in [0.05, 0.1) is 23.3 Å². The Kier molecular flexibility index (Phi) is 3.58. The highest BCUT2D eigenvalue weighted by Crippen LogP contribution is 2.34. The highest BCUT2D eigenvalue weighted by atomic mass is 35.5. The van der Waals surface area contributed by atoms with E-state index in [1.807, 2.05) is 26.0 Å². The number of methoxy groups -OCH3 is 1. The number of ether oxygens (including phenoxy) is 1. The van der Waals surface area contributed by atoms with Crippen LogP contribution in [0.3, 0.4) is 0 Å². The van der Waals surface area contributed by atoms with E-state index in [1.54, 1.807) is 10.5 Å². The summed E-state index contributed by atoms with van der Waals surface area (Å²) in [6.07, 6.45) is 0. The molecule has 0 saturated carbocycles. The third-order valence-electron chi connectivity index (χ3n) is 4.19. The van der Waals surface area contributed by atoms with E-state index in [0.29, 0.717) is 39.0 Å². The number of fused-ring (bicyclic) bond motifs is 3. The Hall–Kier alpha value is -2.73. The lowest BCUT2D eigenvalue weighted by Crippen LogP contribution is -2.01. The van der Waals surface area contributed by atoms with E-state index < -0.39 is 5.82 Å². The second-order valence-electron chi connectivity index (χ2n) is 5.79. The first kappa shape index (κ1) is 15.8. The standard InChI is InChI=1S/C18H14ClFN4O/c1-9-5-4-6-12(19)15(9)18-23-22-17-10(2)21-16-13(24(17)18)7-11(20)8-14(16)25-3/h4-8H,1-3H3. The molecule has 0 fully saturated rings. The van der Waals surface area contributed by atoms with Gasteiger partial charge in [0.1, 0.15) is 17.1 Å². The Bertz CT molecular complexity index is 1120. The highest BCUT2D eigenvalue weighted by molar-refractivity contribution is 6.33. The number of hydrogen-bond acceptors (Lipinski definition) is 4. The number of aryl methyl sites for hydroxylation is 2. The van der Waals surface area contributed by atoms with Crippen LogP contribution in [0.1, 0.15) is 11.3 Å². The number of halogens is 2. The third-order valence-corrected chi connectivity index (χ3v) is 4.51. The molecule has 2 aromatic carbocycles. The van der Waals surface area contributed by atoms with Crippen LogP contribution < -0.4 is 4.74 Å². The molecule has 0 aliphatic heterocycles. The lowest BCUT2D eigenvalue weighted by molar-refractivity contribution is 0.415. The largest absolute Gasteiger partial charge is 0.494 e. The van der Waals surface area contributed by atoms with Crippen LogP contribution in [-0.4, -0.2) is 26.7 Å². The van der Waals surface area contributed by atoms with Gasteiger partial charge >= 0.3 is 0 Å². The quantitative estimate of drug-likeness (QED) is 0.535. The van der Waals surface area contributed by atoms with Crippen molar-refractivity contribution in [2.24, 2.45) is 0 Å². The van der Waals surface area contributed by atoms with Crippen LogP contribution in [0.15, 0.2) is 30.3 Å². The van der Waals surface area contributed by atoms with E-state index >= 15 is 0 Å². The Morgan fingerprint density at radius 3 is 2.68 bits per heavy atom. The Morgan fingerprint density at radius 1 is 1.16 bits per heavy atom. The average Bonchev–Trinajstić information content (AvgIpc) is 3.01. The number of nitrogens with zero attached hydrogens (tertiary/aromatic N) is 4. The number of rotatable bonds is 2. The van der Waals surface area contributed by atoms with Gasteiger partial charge in [-0.05, 0) is 25.5 Å². The molecule has 126 valence electrons. The summed E-state index contributed by atoms with van der Waals surface area (Å²) in [6.45, 7) is 3.77. The first-order chi connectivity index (χ1) is 12.0. The SMILES string of the molecule is COc1cc(F)cc2c1nc(C)c1nnc(-c3c(C)cccc3Cl)n12. The summed E-state index contributed by atoms with van der Waals surface area (Å²) in [7, 11) is 1.49. The smallest absolute Gasteiger partial charge is 0.183 e. The second-order valence-corrected chi connectivity index (χ2v) is 6.19. The van der Waals surface area contributed by atoms with Crippen molar-refractivity contribution in [3.05, 3.63) is 52.4 Å². The zero-order chi connectivity index (χ0) is 17.7. The number of hydrogen-bond donors (Lipinski definition) is 0. The van der Waals surface area contributed by atoms with Crippen LogP contribution in [0.2, 0.25) is 5.02 Å². The minimum Gasteiger partial charge on any atom is -0.494 e. The van der Waals surface area contributed by atoms with Gasteiger partial charge in [0.25, 0.3) is 0 Å². The second kappa shape index (κ2) is 5.67. The van der Waals surface area contributed by atoms with Gasteiger partial charge in [-0.25, -0.2) is 9.37 Å². The molecule has 0 atom stereocenters. The highest BCUT2D eigenvalue weighted by Gasteiger charge is 2.20. The van der Waals surface area contributed by atoms with Crippen molar-refractivity contribution < 1.29 is 9.13 Å². The Balaban J connectivity index is 2.22. The maximum atomic E-state index is 14.1. The number of benzene rings is 2. The maximum absolute atomic E-state index is 14.1. The van der Waals surface area contributed by atoms with E-state index in [4.69, 9.17) is 16.3 Å². The molecule has 2 heterocycles. The van der Waals surface area contributed by atoms with Gasteiger partial charge in [0, 0.05) is 17.7 Å². The minimum atomic E-state index is -0.424. The van der Waals surface area contributed by atoms with Crippen LogP contribution in [0.4, 0.5) is 4.39 Å². The number of aromatic nitrogens is 4. The fourth-order valence-corrected chi connectivity index (χ4v) is 3.35. The molecule has 25 heavy (non-hydrogen) atoms.